The number of carbonyl (C=O) groups excluding carboxylic acids is 2. The van der Waals surface area contributed by atoms with E-state index in [1.807, 2.05) is 38.1 Å². The summed E-state index contributed by atoms with van der Waals surface area (Å²) < 4.78 is 5.55. The molecule has 0 aromatic heterocycles. The van der Waals surface area contributed by atoms with Crippen LogP contribution in [-0.2, 0) is 14.3 Å². The van der Waals surface area contributed by atoms with Gasteiger partial charge in [0.15, 0.2) is 0 Å². The number of carboxylic acids is 1. The molecule has 2 atom stereocenters. The molecule has 3 N–H and O–H groups in total. The molecule has 32 heavy (non-hydrogen) atoms. The molecule has 0 spiro atoms. The van der Waals surface area contributed by atoms with Gasteiger partial charge in [-0.1, -0.05) is 62.4 Å². The smallest absolute Gasteiger partial charge is 0.407 e. The topological polar surface area (TPSA) is 105 Å². The van der Waals surface area contributed by atoms with E-state index in [-0.39, 0.29) is 31.3 Å². The number of benzene rings is 2. The fourth-order valence-corrected chi connectivity index (χ4v) is 4.12. The second-order valence-electron chi connectivity index (χ2n) is 8.05. The summed E-state index contributed by atoms with van der Waals surface area (Å²) in [6.45, 7) is 3.90. The van der Waals surface area contributed by atoms with Gasteiger partial charge in [0.05, 0.1) is 6.42 Å². The van der Waals surface area contributed by atoms with Gasteiger partial charge in [0.25, 0.3) is 0 Å². The molecule has 2 aromatic carbocycles. The highest BCUT2D eigenvalue weighted by molar-refractivity contribution is 5.80. The van der Waals surface area contributed by atoms with E-state index in [2.05, 4.69) is 34.9 Å². The highest BCUT2D eigenvalue weighted by Gasteiger charge is 2.29. The molecular weight excluding hydrogens is 408 g/mol. The quantitative estimate of drug-likeness (QED) is 0.519. The predicted octanol–water partition coefficient (Wildman–Crippen LogP) is 4.06. The lowest BCUT2D eigenvalue weighted by Gasteiger charge is -2.20. The van der Waals surface area contributed by atoms with E-state index < -0.39 is 24.1 Å². The van der Waals surface area contributed by atoms with Gasteiger partial charge in [0.2, 0.25) is 5.91 Å². The number of hydrogen-bond acceptors (Lipinski definition) is 4. The predicted molar refractivity (Wildman–Crippen MR) is 121 cm³/mol. The van der Waals surface area contributed by atoms with E-state index in [1.165, 1.54) is 0 Å². The first-order valence-electron chi connectivity index (χ1n) is 11.1. The Hall–Kier alpha value is -3.35. The largest absolute Gasteiger partial charge is 0.481 e. The monoisotopic (exact) mass is 438 g/mol. The average molecular weight is 439 g/mol. The molecule has 0 saturated heterocycles. The number of carboxylic acid groups (broad SMARTS) is 1. The molecule has 2 aromatic rings. The van der Waals surface area contributed by atoms with Crippen molar-refractivity contribution >= 4 is 18.0 Å². The highest BCUT2D eigenvalue weighted by atomic mass is 16.5. The molecule has 0 radical (unpaired) electrons. The normalized spacial score (nSPS) is 14.1. The highest BCUT2D eigenvalue weighted by Crippen LogP contribution is 2.44. The molecule has 1 aliphatic carbocycles. The Labute approximate surface area is 188 Å². The molecule has 3 rings (SSSR count). The van der Waals surface area contributed by atoms with Crippen LogP contribution in [0.25, 0.3) is 11.1 Å². The maximum Gasteiger partial charge on any atom is 0.407 e. The minimum absolute atomic E-state index is 0.0298. The van der Waals surface area contributed by atoms with Crippen molar-refractivity contribution in [1.29, 1.82) is 0 Å². The molecule has 2 amide bonds. The van der Waals surface area contributed by atoms with Gasteiger partial charge in [-0.05, 0) is 35.1 Å². The van der Waals surface area contributed by atoms with E-state index in [1.54, 1.807) is 0 Å². The van der Waals surface area contributed by atoms with Crippen LogP contribution in [0, 0.1) is 0 Å². The Morgan fingerprint density at radius 1 is 0.875 bits per heavy atom. The summed E-state index contributed by atoms with van der Waals surface area (Å²) in [4.78, 5) is 35.6. The molecule has 7 heteroatoms. The number of ether oxygens (including phenoxy) is 1. The first-order valence-corrected chi connectivity index (χ1v) is 11.1. The molecule has 170 valence electrons. The lowest BCUT2D eigenvalue weighted by Crippen LogP contribution is -2.42. The minimum Gasteiger partial charge on any atom is -0.481 e. The molecule has 7 nitrogen and oxygen atoms in total. The number of rotatable bonds is 10. The van der Waals surface area contributed by atoms with E-state index in [9.17, 15) is 14.4 Å². The number of aliphatic carboxylic acids is 1. The summed E-state index contributed by atoms with van der Waals surface area (Å²) in [6.07, 6.45) is 0.446. The summed E-state index contributed by atoms with van der Waals surface area (Å²) in [5, 5.41) is 14.4. The van der Waals surface area contributed by atoms with Crippen molar-refractivity contribution in [2.24, 2.45) is 0 Å². The van der Waals surface area contributed by atoms with E-state index in [4.69, 9.17) is 9.84 Å². The standard InChI is InChI=1S/C25H30N2O5/c1-3-16(13-23(28)26-17(4-2)14-24(29)30)27-25(31)32-15-22-20-11-7-5-9-18(20)19-10-6-8-12-21(19)22/h5-12,16-17,22H,3-4,13-15H2,1-2H3,(H,26,28)(H,27,31)(H,29,30)/t16-,17+/m1/s1. The third-order valence-corrected chi connectivity index (χ3v) is 5.87. The van der Waals surface area contributed by atoms with Crippen molar-refractivity contribution < 1.29 is 24.2 Å². The zero-order valence-electron chi connectivity index (χ0n) is 18.5. The van der Waals surface area contributed by atoms with Crippen molar-refractivity contribution in [1.82, 2.24) is 10.6 Å². The molecular formula is C25H30N2O5. The number of carbonyl (C=O) groups is 3. The first-order chi connectivity index (χ1) is 15.4. The fraction of sp³-hybridized carbons (Fsp3) is 0.400. The van der Waals surface area contributed by atoms with Gasteiger partial charge in [-0.3, -0.25) is 9.59 Å². The van der Waals surface area contributed by atoms with Crippen molar-refractivity contribution in [3.8, 4) is 11.1 Å². The van der Waals surface area contributed by atoms with Gasteiger partial charge in [0.1, 0.15) is 6.61 Å². The van der Waals surface area contributed by atoms with Gasteiger partial charge in [-0.25, -0.2) is 4.79 Å². The van der Waals surface area contributed by atoms with Crippen molar-refractivity contribution in [3.63, 3.8) is 0 Å². The summed E-state index contributed by atoms with van der Waals surface area (Å²) in [5.41, 5.74) is 4.59. The molecule has 0 aliphatic heterocycles. The van der Waals surface area contributed by atoms with E-state index in [0.29, 0.717) is 12.8 Å². The molecule has 1 aliphatic rings. The third-order valence-electron chi connectivity index (χ3n) is 5.87. The van der Waals surface area contributed by atoms with Crippen LogP contribution in [0.2, 0.25) is 0 Å². The molecule has 0 unspecified atom stereocenters. The number of hydrogen-bond donors (Lipinski definition) is 3. The van der Waals surface area contributed by atoms with Gasteiger partial charge in [-0.15, -0.1) is 0 Å². The zero-order chi connectivity index (χ0) is 23.1. The lowest BCUT2D eigenvalue weighted by atomic mass is 9.98. The van der Waals surface area contributed by atoms with E-state index >= 15 is 0 Å². The van der Waals surface area contributed by atoms with Crippen LogP contribution in [0.15, 0.2) is 48.5 Å². The maximum absolute atomic E-state index is 12.5. The SMILES string of the molecule is CC[C@@H](CC(=O)O)NC(=O)C[C@@H](CC)NC(=O)OCC1c2ccccc2-c2ccccc21. The second kappa shape index (κ2) is 10.8. The zero-order valence-corrected chi connectivity index (χ0v) is 18.5. The summed E-state index contributed by atoms with van der Waals surface area (Å²) >= 11 is 0. The Bertz CT molecular complexity index is 929. The minimum atomic E-state index is -0.957. The number of amides is 2. The average Bonchev–Trinajstić information content (AvgIpc) is 3.10. The number of alkyl carbamates (subject to hydrolysis) is 1. The third kappa shape index (κ3) is 5.66. The Morgan fingerprint density at radius 2 is 1.41 bits per heavy atom. The molecule has 0 fully saturated rings. The van der Waals surface area contributed by atoms with Crippen LogP contribution in [0.4, 0.5) is 4.79 Å². The van der Waals surface area contributed by atoms with Crippen LogP contribution in [0.3, 0.4) is 0 Å². The van der Waals surface area contributed by atoms with Crippen molar-refractivity contribution in [2.75, 3.05) is 6.61 Å². The maximum atomic E-state index is 12.5. The van der Waals surface area contributed by atoms with Crippen molar-refractivity contribution in [3.05, 3.63) is 59.7 Å². The van der Waals surface area contributed by atoms with Crippen LogP contribution in [0.1, 0.15) is 56.6 Å². The van der Waals surface area contributed by atoms with Crippen molar-refractivity contribution in [2.45, 2.75) is 57.5 Å². The number of fused-ring (bicyclic) bond motifs is 3. The molecule has 0 heterocycles. The molecule has 0 bridgehead atoms. The number of nitrogens with one attached hydrogen (secondary N) is 2. The first kappa shape index (κ1) is 23.3. The fourth-order valence-electron chi connectivity index (χ4n) is 4.12. The van der Waals surface area contributed by atoms with Crippen LogP contribution in [0.5, 0.6) is 0 Å². The van der Waals surface area contributed by atoms with Gasteiger partial charge < -0.3 is 20.5 Å². The van der Waals surface area contributed by atoms with Gasteiger partial charge in [-0.2, -0.15) is 0 Å². The van der Waals surface area contributed by atoms with E-state index in [0.717, 1.165) is 22.3 Å². The summed E-state index contributed by atoms with van der Waals surface area (Å²) in [6, 6.07) is 15.4. The van der Waals surface area contributed by atoms with Gasteiger partial charge >= 0.3 is 12.1 Å². The Balaban J connectivity index is 1.55. The van der Waals surface area contributed by atoms with Crippen LogP contribution < -0.4 is 10.6 Å². The van der Waals surface area contributed by atoms with Crippen LogP contribution >= 0.6 is 0 Å². The summed E-state index contributed by atoms with van der Waals surface area (Å²) in [5.74, 6) is -1.28. The van der Waals surface area contributed by atoms with Gasteiger partial charge in [0, 0.05) is 24.4 Å². The Kier molecular flexibility index (Phi) is 7.87. The molecule has 0 saturated carbocycles. The summed E-state index contributed by atoms with van der Waals surface area (Å²) in [7, 11) is 0. The Morgan fingerprint density at radius 3 is 1.94 bits per heavy atom. The second-order valence-corrected chi connectivity index (χ2v) is 8.05. The lowest BCUT2D eigenvalue weighted by molar-refractivity contribution is -0.137. The van der Waals surface area contributed by atoms with Crippen LogP contribution in [-0.4, -0.2) is 41.8 Å².